The molecular formula is C26H29Cl2NO4S. The van der Waals surface area contributed by atoms with Gasteiger partial charge < -0.3 is 14.8 Å². The molecule has 1 aromatic heterocycles. The number of anilines is 1. The fraction of sp³-hybridized carbons (Fsp3) is 0.538. The predicted molar refractivity (Wildman–Crippen MR) is 136 cm³/mol. The molecule has 0 aliphatic heterocycles. The third-order valence-electron chi connectivity index (χ3n) is 8.20. The number of fused-ring (bicyclic) bond motifs is 7. The number of benzene rings is 1. The monoisotopic (exact) mass is 521 g/mol. The van der Waals surface area contributed by atoms with Gasteiger partial charge in [-0.25, -0.2) is 4.79 Å². The Morgan fingerprint density at radius 3 is 2.79 bits per heavy atom. The predicted octanol–water partition coefficient (Wildman–Crippen LogP) is 6.25. The number of carbonyl (C=O) groups excluding carboxylic acids is 2. The van der Waals surface area contributed by atoms with E-state index in [2.05, 4.69) is 30.4 Å². The highest BCUT2D eigenvalue weighted by Crippen LogP contribution is 2.63. The molecule has 1 N–H and O–H groups in total. The topological polar surface area (TPSA) is 64.6 Å². The molecule has 8 heteroatoms. The largest absolute Gasteiger partial charge is 0.497 e. The van der Waals surface area contributed by atoms with Crippen molar-refractivity contribution in [2.45, 2.75) is 62.1 Å². The summed E-state index contributed by atoms with van der Waals surface area (Å²) in [5.41, 5.74) is 4.29. The molecule has 1 fully saturated rings. The highest BCUT2D eigenvalue weighted by atomic mass is 35.5. The summed E-state index contributed by atoms with van der Waals surface area (Å²) < 4.78 is 10.9. The van der Waals surface area contributed by atoms with E-state index in [0.29, 0.717) is 28.3 Å². The van der Waals surface area contributed by atoms with Crippen LogP contribution in [0, 0.1) is 11.8 Å². The number of alkyl halides is 2. The number of halogens is 2. The van der Waals surface area contributed by atoms with Gasteiger partial charge in [-0.05, 0) is 91.0 Å². The highest BCUT2D eigenvalue weighted by Gasteiger charge is 2.55. The summed E-state index contributed by atoms with van der Waals surface area (Å²) in [6.07, 6.45) is 5.16. The molecule has 5 rings (SSSR count). The Hall–Kier alpha value is -1.76. The number of esters is 1. The van der Waals surface area contributed by atoms with E-state index in [1.807, 2.05) is 0 Å². The van der Waals surface area contributed by atoms with Crippen LogP contribution in [-0.2, 0) is 27.8 Å². The van der Waals surface area contributed by atoms with Crippen molar-refractivity contribution in [1.29, 1.82) is 0 Å². The standard InChI is InChI=1S/C26H29Cl2NO4S/c1-4-33-25(31)20-21-19(34-24(20)29-23(30)22(27)28)12-18-17-7-5-13-11-14(32-3)6-8-15(13)16(17)9-10-26(18,21)2/h6,8,11,16-18,22H,4-5,7,9-10,12H2,1-3H3,(H,29,30)/t16-,17-,18+,26-/m1/s1. The fourth-order valence-electron chi connectivity index (χ4n) is 6.77. The maximum atomic E-state index is 13.1. The molecule has 5 nitrogen and oxygen atoms in total. The molecule has 4 atom stereocenters. The molecule has 0 saturated heterocycles. The van der Waals surface area contributed by atoms with Gasteiger partial charge in [0.1, 0.15) is 10.8 Å². The minimum Gasteiger partial charge on any atom is -0.497 e. The minimum absolute atomic E-state index is 0.136. The van der Waals surface area contributed by atoms with Crippen LogP contribution in [-0.4, -0.2) is 30.4 Å². The SMILES string of the molecule is CCOC(=O)c1c(NC(=O)C(Cl)Cl)sc2c1[C@]1(C)CC[C@@H]3c4ccc(OC)cc4CC[C@H]3[C@@H]1C2. The summed E-state index contributed by atoms with van der Waals surface area (Å²) in [4.78, 5) is 25.3. The Balaban J connectivity index is 1.52. The number of hydrogen-bond acceptors (Lipinski definition) is 5. The quantitative estimate of drug-likeness (QED) is 0.373. The van der Waals surface area contributed by atoms with Gasteiger partial charge in [-0.15, -0.1) is 11.3 Å². The number of ether oxygens (including phenoxy) is 2. The summed E-state index contributed by atoms with van der Waals surface area (Å²) in [5.74, 6) is 1.54. The third-order valence-corrected chi connectivity index (χ3v) is 9.72. The van der Waals surface area contributed by atoms with Gasteiger partial charge in [0.15, 0.2) is 4.84 Å². The van der Waals surface area contributed by atoms with E-state index in [4.69, 9.17) is 32.7 Å². The Morgan fingerprint density at radius 1 is 1.29 bits per heavy atom. The number of thiophene rings is 1. The van der Waals surface area contributed by atoms with Crippen molar-refractivity contribution in [2.24, 2.45) is 11.8 Å². The van der Waals surface area contributed by atoms with Gasteiger partial charge in [-0.3, -0.25) is 4.79 Å². The number of hydrogen-bond donors (Lipinski definition) is 1. The van der Waals surface area contributed by atoms with Crippen LogP contribution in [0.1, 0.15) is 71.0 Å². The molecule has 0 bridgehead atoms. The second-order valence-electron chi connectivity index (χ2n) is 9.76. The van der Waals surface area contributed by atoms with Crippen molar-refractivity contribution in [3.63, 3.8) is 0 Å². The Bertz CT molecular complexity index is 1150. The maximum Gasteiger partial charge on any atom is 0.341 e. The van der Waals surface area contributed by atoms with Crippen LogP contribution in [0.15, 0.2) is 18.2 Å². The third kappa shape index (κ3) is 3.73. The zero-order valence-electron chi connectivity index (χ0n) is 19.6. The van der Waals surface area contributed by atoms with E-state index in [0.717, 1.165) is 43.4 Å². The Morgan fingerprint density at radius 2 is 2.09 bits per heavy atom. The van der Waals surface area contributed by atoms with Crippen molar-refractivity contribution in [3.8, 4) is 5.75 Å². The van der Waals surface area contributed by atoms with E-state index in [-0.39, 0.29) is 18.0 Å². The highest BCUT2D eigenvalue weighted by molar-refractivity contribution is 7.17. The van der Waals surface area contributed by atoms with Crippen molar-refractivity contribution >= 4 is 51.4 Å². The number of carbonyl (C=O) groups is 2. The van der Waals surface area contributed by atoms with E-state index in [9.17, 15) is 9.59 Å². The lowest BCUT2D eigenvalue weighted by molar-refractivity contribution is -0.114. The van der Waals surface area contributed by atoms with Crippen LogP contribution in [0.2, 0.25) is 0 Å². The normalized spacial score (nSPS) is 26.8. The van der Waals surface area contributed by atoms with Crippen LogP contribution in [0.5, 0.6) is 5.75 Å². The first-order valence-corrected chi connectivity index (χ1v) is 13.6. The summed E-state index contributed by atoms with van der Waals surface area (Å²) in [7, 11) is 1.72. The van der Waals surface area contributed by atoms with Crippen molar-refractivity contribution in [3.05, 3.63) is 45.3 Å². The smallest absolute Gasteiger partial charge is 0.341 e. The first-order valence-electron chi connectivity index (χ1n) is 11.9. The van der Waals surface area contributed by atoms with Crippen LogP contribution < -0.4 is 10.1 Å². The van der Waals surface area contributed by atoms with Crippen molar-refractivity contribution in [2.75, 3.05) is 19.0 Å². The lowest BCUT2D eigenvalue weighted by atomic mass is 9.54. The molecule has 3 aliphatic carbocycles. The van der Waals surface area contributed by atoms with E-state index < -0.39 is 10.7 Å². The summed E-state index contributed by atoms with van der Waals surface area (Å²) in [5, 5.41) is 3.28. The van der Waals surface area contributed by atoms with Gasteiger partial charge in [0.2, 0.25) is 0 Å². The molecule has 0 spiro atoms. The second kappa shape index (κ2) is 9.03. The molecule has 0 radical (unpaired) electrons. The molecule has 182 valence electrons. The molecular weight excluding hydrogens is 493 g/mol. The first-order chi connectivity index (χ1) is 16.3. The van der Waals surface area contributed by atoms with Crippen molar-refractivity contribution < 1.29 is 19.1 Å². The maximum absolute atomic E-state index is 13.1. The van der Waals surface area contributed by atoms with Gasteiger partial charge in [0.25, 0.3) is 5.91 Å². The lowest BCUT2D eigenvalue weighted by Gasteiger charge is -2.49. The zero-order chi connectivity index (χ0) is 24.2. The fourth-order valence-corrected chi connectivity index (χ4v) is 8.27. The van der Waals surface area contributed by atoms with Crippen LogP contribution in [0.3, 0.4) is 0 Å². The molecule has 34 heavy (non-hydrogen) atoms. The van der Waals surface area contributed by atoms with Gasteiger partial charge in [0, 0.05) is 4.88 Å². The molecule has 1 saturated carbocycles. The van der Waals surface area contributed by atoms with Crippen LogP contribution in [0.4, 0.5) is 5.00 Å². The van der Waals surface area contributed by atoms with Crippen LogP contribution in [0.25, 0.3) is 0 Å². The van der Waals surface area contributed by atoms with Gasteiger partial charge in [-0.1, -0.05) is 36.2 Å². The average Bonchev–Trinajstić information content (AvgIpc) is 3.32. The lowest BCUT2D eigenvalue weighted by Crippen LogP contribution is -2.43. The average molecular weight is 522 g/mol. The molecule has 3 aliphatic rings. The minimum atomic E-state index is -1.20. The molecule has 1 heterocycles. The molecule has 1 amide bonds. The molecule has 2 aromatic rings. The zero-order valence-corrected chi connectivity index (χ0v) is 21.9. The van der Waals surface area contributed by atoms with E-state index in [1.54, 1.807) is 14.0 Å². The van der Waals surface area contributed by atoms with Crippen molar-refractivity contribution in [1.82, 2.24) is 0 Å². The van der Waals surface area contributed by atoms with Gasteiger partial charge in [-0.2, -0.15) is 0 Å². The number of nitrogens with one attached hydrogen (secondary N) is 1. The van der Waals surface area contributed by atoms with E-state index in [1.165, 1.54) is 27.3 Å². The molecule has 0 unspecified atom stereocenters. The summed E-state index contributed by atoms with van der Waals surface area (Å²) in [6.45, 7) is 4.37. The van der Waals surface area contributed by atoms with Crippen LogP contribution >= 0.6 is 34.5 Å². The van der Waals surface area contributed by atoms with Gasteiger partial charge >= 0.3 is 5.97 Å². The number of rotatable bonds is 5. The number of amides is 1. The molecule has 1 aromatic carbocycles. The first kappa shape index (κ1) is 24.0. The second-order valence-corrected chi connectivity index (χ2v) is 12.0. The Labute approximate surface area is 214 Å². The van der Waals surface area contributed by atoms with E-state index >= 15 is 0 Å². The number of aryl methyl sites for hydroxylation is 1. The summed E-state index contributed by atoms with van der Waals surface area (Å²) in [6, 6.07) is 6.53. The summed E-state index contributed by atoms with van der Waals surface area (Å²) >= 11 is 13.0. The van der Waals surface area contributed by atoms with Gasteiger partial charge in [0.05, 0.1) is 19.3 Å². The number of methoxy groups -OCH3 is 1. The Kier molecular flexibility index (Phi) is 6.36.